The number of nitrogens with zero attached hydrogens (tertiary/aromatic N) is 4. The number of nitrogens with one attached hydrogen (secondary N) is 1. The van der Waals surface area contributed by atoms with Crippen molar-refractivity contribution in [1.82, 2.24) is 19.6 Å². The predicted molar refractivity (Wildman–Crippen MR) is 113 cm³/mol. The van der Waals surface area contributed by atoms with Crippen LogP contribution >= 0.6 is 0 Å². The molecule has 0 bridgehead atoms. The monoisotopic (exact) mass is 395 g/mol. The predicted octanol–water partition coefficient (Wildman–Crippen LogP) is 4.14. The van der Waals surface area contributed by atoms with Crippen LogP contribution in [0.15, 0.2) is 24.3 Å². The van der Waals surface area contributed by atoms with E-state index in [1.54, 1.807) is 11.4 Å². The molecule has 3 aromatic rings. The maximum Gasteiger partial charge on any atom is 0.267 e. The van der Waals surface area contributed by atoms with Gasteiger partial charge in [-0.2, -0.15) is 9.50 Å². The summed E-state index contributed by atoms with van der Waals surface area (Å²) < 4.78 is 7.51. The maximum absolute atomic E-state index is 12.6. The van der Waals surface area contributed by atoms with E-state index in [0.717, 1.165) is 23.4 Å². The molecule has 0 saturated carbocycles. The number of ether oxygens (including phenoxy) is 1. The molecule has 0 spiro atoms. The summed E-state index contributed by atoms with van der Waals surface area (Å²) in [6.45, 7) is 14.1. The Bertz CT molecular complexity index is 1050. The van der Waals surface area contributed by atoms with Crippen molar-refractivity contribution in [3.8, 4) is 5.75 Å². The van der Waals surface area contributed by atoms with Crippen molar-refractivity contribution in [2.45, 2.75) is 66.4 Å². The van der Waals surface area contributed by atoms with E-state index >= 15 is 0 Å². The third-order valence-electron chi connectivity index (χ3n) is 5.37. The maximum atomic E-state index is 12.6. The van der Waals surface area contributed by atoms with Crippen molar-refractivity contribution >= 4 is 17.6 Å². The minimum atomic E-state index is -0.693. The Morgan fingerprint density at radius 2 is 1.93 bits per heavy atom. The molecule has 0 radical (unpaired) electrons. The molecular weight excluding hydrogens is 366 g/mol. The SMILES string of the molecule is CCC(C)(C)c1ccc(OC(C)C(=O)Nc2nc3nc(C)cc(C)n3n2)c(C)c1. The number of rotatable bonds is 6. The molecule has 154 valence electrons. The zero-order valence-electron chi connectivity index (χ0n) is 18.2. The number of benzene rings is 1. The lowest BCUT2D eigenvalue weighted by Gasteiger charge is -2.25. The lowest BCUT2D eigenvalue weighted by molar-refractivity contribution is -0.122. The number of hydrogen-bond donors (Lipinski definition) is 1. The third-order valence-corrected chi connectivity index (χ3v) is 5.37. The normalized spacial score (nSPS) is 12.8. The Morgan fingerprint density at radius 3 is 2.59 bits per heavy atom. The third kappa shape index (κ3) is 4.39. The number of carbonyl (C=O) groups excluding carboxylic acids is 1. The zero-order chi connectivity index (χ0) is 21.3. The van der Waals surface area contributed by atoms with Gasteiger partial charge in [-0.25, -0.2) is 4.98 Å². The van der Waals surface area contributed by atoms with Gasteiger partial charge in [0.2, 0.25) is 0 Å². The van der Waals surface area contributed by atoms with Crippen LogP contribution in [-0.2, 0) is 10.2 Å². The lowest BCUT2D eigenvalue weighted by Crippen LogP contribution is -2.30. The molecule has 0 fully saturated rings. The fourth-order valence-corrected chi connectivity index (χ4v) is 3.08. The first kappa shape index (κ1) is 20.8. The topological polar surface area (TPSA) is 81.4 Å². The molecular formula is C22H29N5O2. The van der Waals surface area contributed by atoms with Gasteiger partial charge in [-0.1, -0.05) is 32.9 Å². The van der Waals surface area contributed by atoms with Crippen LogP contribution in [0.1, 0.15) is 56.6 Å². The summed E-state index contributed by atoms with van der Waals surface area (Å²) in [6.07, 6.45) is 0.354. The molecule has 7 heteroatoms. The number of aromatic nitrogens is 4. The fourth-order valence-electron chi connectivity index (χ4n) is 3.08. The van der Waals surface area contributed by atoms with Gasteiger partial charge in [-0.15, -0.1) is 5.10 Å². The summed E-state index contributed by atoms with van der Waals surface area (Å²) in [4.78, 5) is 21.2. The molecule has 1 amide bonds. The van der Waals surface area contributed by atoms with Crippen molar-refractivity contribution in [3.05, 3.63) is 46.8 Å². The molecule has 29 heavy (non-hydrogen) atoms. The lowest BCUT2D eigenvalue weighted by atomic mass is 9.81. The van der Waals surface area contributed by atoms with E-state index < -0.39 is 6.10 Å². The molecule has 7 nitrogen and oxygen atoms in total. The van der Waals surface area contributed by atoms with E-state index in [1.165, 1.54) is 5.56 Å². The van der Waals surface area contributed by atoms with Gasteiger partial charge in [0.05, 0.1) is 0 Å². The number of carbonyl (C=O) groups is 1. The van der Waals surface area contributed by atoms with Crippen LogP contribution in [0.2, 0.25) is 0 Å². The highest BCUT2D eigenvalue weighted by Crippen LogP contribution is 2.30. The largest absolute Gasteiger partial charge is 0.481 e. The Morgan fingerprint density at radius 1 is 1.21 bits per heavy atom. The molecule has 0 aliphatic carbocycles. The van der Waals surface area contributed by atoms with E-state index in [2.05, 4.69) is 53.3 Å². The van der Waals surface area contributed by atoms with Crippen LogP contribution in [0.3, 0.4) is 0 Å². The van der Waals surface area contributed by atoms with Crippen LogP contribution in [0.25, 0.3) is 5.78 Å². The first-order chi connectivity index (χ1) is 13.6. The average molecular weight is 396 g/mol. The molecule has 2 aromatic heterocycles. The minimum Gasteiger partial charge on any atom is -0.481 e. The summed E-state index contributed by atoms with van der Waals surface area (Å²) in [7, 11) is 0. The van der Waals surface area contributed by atoms with Gasteiger partial charge < -0.3 is 4.74 Å². The van der Waals surface area contributed by atoms with Crippen LogP contribution in [0.5, 0.6) is 5.75 Å². The minimum absolute atomic E-state index is 0.103. The van der Waals surface area contributed by atoms with Gasteiger partial charge in [-0.05, 0) is 62.8 Å². The highest BCUT2D eigenvalue weighted by Gasteiger charge is 2.21. The first-order valence-corrected chi connectivity index (χ1v) is 9.90. The second kappa shape index (κ2) is 7.81. The molecule has 0 saturated heterocycles. The number of hydrogen-bond acceptors (Lipinski definition) is 5. The Balaban J connectivity index is 1.72. The Kier molecular flexibility index (Phi) is 5.59. The first-order valence-electron chi connectivity index (χ1n) is 9.90. The second-order valence-electron chi connectivity index (χ2n) is 8.15. The summed E-state index contributed by atoms with van der Waals surface area (Å²) in [5.74, 6) is 1.05. The van der Waals surface area contributed by atoms with Gasteiger partial charge in [0, 0.05) is 11.4 Å². The van der Waals surface area contributed by atoms with Crippen molar-refractivity contribution in [2.75, 3.05) is 5.32 Å². The summed E-state index contributed by atoms with van der Waals surface area (Å²) >= 11 is 0. The number of anilines is 1. The standard InChI is InChI=1S/C22H29N5O2/c1-8-22(6,7)17-9-10-18(13(2)11-17)29-16(5)19(28)24-20-25-21-23-14(3)12-15(4)27(21)26-20/h9-12,16H,8H2,1-7H3,(H,24,26,28). The van der Waals surface area contributed by atoms with Crippen molar-refractivity contribution in [2.24, 2.45) is 0 Å². The van der Waals surface area contributed by atoms with Crippen molar-refractivity contribution in [1.29, 1.82) is 0 Å². The average Bonchev–Trinajstić information content (AvgIpc) is 3.05. The van der Waals surface area contributed by atoms with Gasteiger partial charge in [-0.3, -0.25) is 10.1 Å². The molecule has 1 atom stereocenters. The van der Waals surface area contributed by atoms with E-state index in [-0.39, 0.29) is 17.3 Å². The Labute approximate surface area is 171 Å². The highest BCUT2D eigenvalue weighted by molar-refractivity contribution is 5.92. The van der Waals surface area contributed by atoms with Gasteiger partial charge in [0.1, 0.15) is 5.75 Å². The van der Waals surface area contributed by atoms with Crippen LogP contribution in [0, 0.1) is 20.8 Å². The number of fused-ring (bicyclic) bond motifs is 1. The molecule has 2 heterocycles. The smallest absolute Gasteiger partial charge is 0.267 e. The van der Waals surface area contributed by atoms with E-state index in [4.69, 9.17) is 4.74 Å². The molecule has 3 rings (SSSR count). The van der Waals surface area contributed by atoms with Gasteiger partial charge in [0.25, 0.3) is 17.6 Å². The quantitative estimate of drug-likeness (QED) is 0.678. The van der Waals surface area contributed by atoms with Crippen LogP contribution in [-0.4, -0.2) is 31.6 Å². The van der Waals surface area contributed by atoms with E-state index in [1.807, 2.05) is 32.9 Å². The summed E-state index contributed by atoms with van der Waals surface area (Å²) in [5, 5.41) is 7.02. The molecule has 0 aliphatic heterocycles. The van der Waals surface area contributed by atoms with Crippen LogP contribution in [0.4, 0.5) is 5.95 Å². The molecule has 1 N–H and O–H groups in total. The fraction of sp³-hybridized carbons (Fsp3) is 0.455. The van der Waals surface area contributed by atoms with Crippen LogP contribution < -0.4 is 10.1 Å². The number of aryl methyl sites for hydroxylation is 3. The van der Waals surface area contributed by atoms with Crippen molar-refractivity contribution in [3.63, 3.8) is 0 Å². The second-order valence-corrected chi connectivity index (χ2v) is 8.15. The Hall–Kier alpha value is -2.96. The molecule has 0 aliphatic rings. The molecule has 1 aromatic carbocycles. The van der Waals surface area contributed by atoms with E-state index in [9.17, 15) is 4.79 Å². The number of amides is 1. The summed E-state index contributed by atoms with van der Waals surface area (Å²) in [6, 6.07) is 8.04. The highest BCUT2D eigenvalue weighted by atomic mass is 16.5. The molecule has 1 unspecified atom stereocenters. The summed E-state index contributed by atoms with van der Waals surface area (Å²) in [5.41, 5.74) is 4.11. The van der Waals surface area contributed by atoms with Gasteiger partial charge in [0.15, 0.2) is 6.10 Å². The zero-order valence-corrected chi connectivity index (χ0v) is 18.2. The van der Waals surface area contributed by atoms with E-state index in [0.29, 0.717) is 11.5 Å². The van der Waals surface area contributed by atoms with Crippen molar-refractivity contribution < 1.29 is 9.53 Å². The van der Waals surface area contributed by atoms with Gasteiger partial charge >= 0.3 is 0 Å².